The monoisotopic (exact) mass is 169 g/mol. The minimum atomic E-state index is -0.277. The van der Waals surface area contributed by atoms with Gasteiger partial charge in [-0.15, -0.1) is 11.8 Å². The van der Waals surface area contributed by atoms with Gasteiger partial charge in [0.2, 0.25) is 6.29 Å². The van der Waals surface area contributed by atoms with Gasteiger partial charge in [0.25, 0.3) is 0 Å². The molecule has 0 spiro atoms. The molecule has 0 saturated carbocycles. The van der Waals surface area contributed by atoms with Crippen molar-refractivity contribution in [1.29, 1.82) is 0 Å². The van der Waals surface area contributed by atoms with Crippen LogP contribution in [0.25, 0.3) is 0 Å². The van der Waals surface area contributed by atoms with Gasteiger partial charge in [-0.25, -0.2) is 4.39 Å². The first-order valence-corrected chi connectivity index (χ1v) is 4.05. The highest BCUT2D eigenvalue weighted by Crippen LogP contribution is 2.16. The largest absolute Gasteiger partial charge is 0.290 e. The van der Waals surface area contributed by atoms with Crippen LogP contribution < -0.4 is 0 Å². The summed E-state index contributed by atoms with van der Waals surface area (Å²) < 4.78 is 12.5. The predicted molar refractivity (Wildman–Crippen MR) is 42.8 cm³/mol. The first kappa shape index (κ1) is 8.27. The van der Waals surface area contributed by atoms with Crippen molar-refractivity contribution in [3.63, 3.8) is 0 Å². The van der Waals surface area contributed by atoms with Crippen LogP contribution in [0.2, 0.25) is 0 Å². The van der Waals surface area contributed by atoms with Crippen LogP contribution in [0.1, 0.15) is 0 Å². The summed E-state index contributed by atoms with van der Waals surface area (Å²) in [5.74, 6) is -0.0235. The second-order valence-electron chi connectivity index (χ2n) is 1.89. The van der Waals surface area contributed by atoms with Crippen molar-refractivity contribution in [2.45, 2.75) is 4.90 Å². The predicted octanol–water partition coefficient (Wildman–Crippen LogP) is 2.03. The van der Waals surface area contributed by atoms with Crippen molar-refractivity contribution < 1.29 is 9.18 Å². The van der Waals surface area contributed by atoms with E-state index in [1.807, 2.05) is 0 Å². The number of thioether (sulfide) groups is 1. The normalized spacial score (nSPS) is 9.55. The van der Waals surface area contributed by atoms with Crippen molar-refractivity contribution in [3.05, 3.63) is 30.1 Å². The lowest BCUT2D eigenvalue weighted by Crippen LogP contribution is -1.79. The standard InChI is InChI=1S/C8H6FOS/c9-7-2-1-3-8(6-7)11-5-4-10/h1-3,6H,5H2. The SMILES string of the molecule is O=[C]CSc1cccc(F)c1. The molecule has 0 saturated heterocycles. The zero-order valence-electron chi connectivity index (χ0n) is 5.71. The minimum Gasteiger partial charge on any atom is -0.290 e. The first-order chi connectivity index (χ1) is 5.33. The Kier molecular flexibility index (Phi) is 3.11. The Morgan fingerprint density at radius 1 is 1.55 bits per heavy atom. The summed E-state index contributed by atoms with van der Waals surface area (Å²) in [7, 11) is 0. The zero-order chi connectivity index (χ0) is 8.10. The average molecular weight is 169 g/mol. The van der Waals surface area contributed by atoms with E-state index in [9.17, 15) is 9.18 Å². The van der Waals surface area contributed by atoms with Gasteiger partial charge in [-0.3, -0.25) is 4.79 Å². The van der Waals surface area contributed by atoms with Crippen LogP contribution >= 0.6 is 11.8 Å². The van der Waals surface area contributed by atoms with Crippen molar-refractivity contribution >= 4 is 18.0 Å². The van der Waals surface area contributed by atoms with Gasteiger partial charge >= 0.3 is 0 Å². The molecule has 0 aromatic heterocycles. The second kappa shape index (κ2) is 4.13. The summed E-state index contributed by atoms with van der Waals surface area (Å²) in [4.78, 5) is 10.6. The highest BCUT2D eigenvalue weighted by molar-refractivity contribution is 7.99. The van der Waals surface area contributed by atoms with Crippen LogP contribution in [0.3, 0.4) is 0 Å². The van der Waals surface area contributed by atoms with Crippen molar-refractivity contribution in [1.82, 2.24) is 0 Å². The van der Waals surface area contributed by atoms with Crippen LogP contribution in [0.5, 0.6) is 0 Å². The van der Waals surface area contributed by atoms with Gasteiger partial charge in [-0.05, 0) is 18.2 Å². The molecule has 0 heterocycles. The Bertz CT molecular complexity index is 250. The van der Waals surface area contributed by atoms with E-state index in [1.165, 1.54) is 23.9 Å². The van der Waals surface area contributed by atoms with E-state index >= 15 is 0 Å². The average Bonchev–Trinajstić information content (AvgIpc) is 2.01. The molecule has 0 N–H and O–H groups in total. The molecule has 0 aliphatic rings. The van der Waals surface area contributed by atoms with Crippen LogP contribution in [0.15, 0.2) is 29.2 Å². The zero-order valence-corrected chi connectivity index (χ0v) is 6.53. The lowest BCUT2D eigenvalue weighted by atomic mass is 10.4. The third-order valence-corrected chi connectivity index (χ3v) is 1.94. The Morgan fingerprint density at radius 2 is 2.36 bits per heavy atom. The fraction of sp³-hybridized carbons (Fsp3) is 0.125. The molecule has 0 bridgehead atoms. The molecule has 0 unspecified atom stereocenters. The molecule has 0 aliphatic carbocycles. The molecular weight excluding hydrogens is 163 g/mol. The van der Waals surface area contributed by atoms with Crippen molar-refractivity contribution in [2.75, 3.05) is 5.75 Å². The van der Waals surface area contributed by atoms with Crippen molar-refractivity contribution in [2.24, 2.45) is 0 Å². The van der Waals surface area contributed by atoms with E-state index in [2.05, 4.69) is 0 Å². The molecule has 1 aromatic carbocycles. The summed E-state index contributed by atoms with van der Waals surface area (Å²) >= 11 is 1.27. The lowest BCUT2D eigenvalue weighted by Gasteiger charge is -1.94. The minimum absolute atomic E-state index is 0.253. The van der Waals surface area contributed by atoms with Crippen LogP contribution in [0, 0.1) is 5.82 Å². The molecule has 1 rings (SSSR count). The van der Waals surface area contributed by atoms with E-state index in [1.54, 1.807) is 18.4 Å². The van der Waals surface area contributed by atoms with Crippen LogP contribution in [-0.4, -0.2) is 12.0 Å². The van der Waals surface area contributed by atoms with Crippen molar-refractivity contribution in [3.8, 4) is 0 Å². The number of carbonyl (C=O) groups excluding carboxylic acids is 1. The molecule has 3 heteroatoms. The fourth-order valence-electron chi connectivity index (χ4n) is 0.670. The maximum absolute atomic E-state index is 12.5. The van der Waals surface area contributed by atoms with Gasteiger partial charge in [-0.1, -0.05) is 6.07 Å². The highest BCUT2D eigenvalue weighted by atomic mass is 32.2. The summed E-state index contributed by atoms with van der Waals surface area (Å²) in [5, 5.41) is 0. The maximum atomic E-state index is 12.5. The molecule has 1 nitrogen and oxygen atoms in total. The van der Waals surface area contributed by atoms with E-state index in [-0.39, 0.29) is 11.6 Å². The number of halogens is 1. The number of hydrogen-bond donors (Lipinski definition) is 0. The summed E-state index contributed by atoms with van der Waals surface area (Å²) in [5.41, 5.74) is 0. The van der Waals surface area contributed by atoms with E-state index in [0.717, 1.165) is 4.90 Å². The summed E-state index contributed by atoms with van der Waals surface area (Å²) in [6.07, 6.45) is 1.73. The first-order valence-electron chi connectivity index (χ1n) is 3.06. The lowest BCUT2D eigenvalue weighted by molar-refractivity contribution is 0.560. The Hall–Kier alpha value is -0.830. The van der Waals surface area contributed by atoms with Crippen LogP contribution in [0.4, 0.5) is 4.39 Å². The smallest absolute Gasteiger partial charge is 0.209 e. The van der Waals surface area contributed by atoms with E-state index < -0.39 is 0 Å². The van der Waals surface area contributed by atoms with Gasteiger partial charge in [-0.2, -0.15) is 0 Å². The molecule has 11 heavy (non-hydrogen) atoms. The molecule has 0 aliphatic heterocycles. The van der Waals surface area contributed by atoms with Gasteiger partial charge in [0, 0.05) is 4.90 Å². The Morgan fingerprint density at radius 3 is 3.00 bits per heavy atom. The molecule has 0 fully saturated rings. The Labute approximate surface area is 68.6 Å². The van der Waals surface area contributed by atoms with Gasteiger partial charge in [0.15, 0.2) is 0 Å². The number of benzene rings is 1. The molecule has 57 valence electrons. The molecular formula is C8H6FOS. The van der Waals surface area contributed by atoms with Gasteiger partial charge < -0.3 is 0 Å². The summed E-state index contributed by atoms with van der Waals surface area (Å²) in [6, 6.07) is 6.13. The number of rotatable bonds is 3. The summed E-state index contributed by atoms with van der Waals surface area (Å²) in [6.45, 7) is 0. The quantitative estimate of drug-likeness (QED) is 0.644. The highest BCUT2D eigenvalue weighted by Gasteiger charge is 1.94. The van der Waals surface area contributed by atoms with E-state index in [4.69, 9.17) is 0 Å². The van der Waals surface area contributed by atoms with Gasteiger partial charge in [0.05, 0.1) is 5.75 Å². The molecule has 1 aromatic rings. The van der Waals surface area contributed by atoms with Gasteiger partial charge in [0.1, 0.15) is 5.82 Å². The van der Waals surface area contributed by atoms with Crippen LogP contribution in [-0.2, 0) is 4.79 Å². The topological polar surface area (TPSA) is 17.1 Å². The molecule has 0 amide bonds. The molecule has 1 radical (unpaired) electrons. The third-order valence-electron chi connectivity index (χ3n) is 1.09. The maximum Gasteiger partial charge on any atom is 0.209 e. The molecule has 0 atom stereocenters. The fourth-order valence-corrected chi connectivity index (χ4v) is 1.27. The number of hydrogen-bond acceptors (Lipinski definition) is 2. The second-order valence-corrected chi connectivity index (χ2v) is 2.94. The third kappa shape index (κ3) is 2.72. The van der Waals surface area contributed by atoms with E-state index in [0.29, 0.717) is 0 Å². The Balaban J connectivity index is 2.63.